The lowest BCUT2D eigenvalue weighted by atomic mass is 9.64. The standard InChI is InChI=1S/C14H21N3O2/c1-14(2)11(7-12(14)19-3)17-8-4-5-10(15)9(6-8)13(16)18/h4-6,11-12,17H,7,15H2,1-3H3,(H2,16,18). The molecule has 0 bridgehead atoms. The van der Waals surface area contributed by atoms with Crippen molar-refractivity contribution in [2.45, 2.75) is 32.4 Å². The lowest BCUT2D eigenvalue weighted by Crippen LogP contribution is -2.57. The summed E-state index contributed by atoms with van der Waals surface area (Å²) in [5.74, 6) is -0.510. The topological polar surface area (TPSA) is 90.4 Å². The summed E-state index contributed by atoms with van der Waals surface area (Å²) in [5, 5.41) is 3.41. The molecule has 0 aliphatic heterocycles. The molecular weight excluding hydrogens is 242 g/mol. The van der Waals surface area contributed by atoms with Crippen LogP contribution >= 0.6 is 0 Å². The summed E-state index contributed by atoms with van der Waals surface area (Å²) in [7, 11) is 1.73. The van der Waals surface area contributed by atoms with Gasteiger partial charge in [-0.25, -0.2) is 0 Å². The average Bonchev–Trinajstić information content (AvgIpc) is 2.35. The van der Waals surface area contributed by atoms with E-state index >= 15 is 0 Å². The molecule has 2 atom stereocenters. The van der Waals surface area contributed by atoms with E-state index in [9.17, 15) is 4.79 Å². The van der Waals surface area contributed by atoms with E-state index in [1.807, 2.05) is 6.07 Å². The highest BCUT2D eigenvalue weighted by molar-refractivity contribution is 5.98. The Hall–Kier alpha value is -1.75. The molecule has 5 nitrogen and oxygen atoms in total. The van der Waals surface area contributed by atoms with E-state index in [0.717, 1.165) is 12.1 Å². The van der Waals surface area contributed by atoms with Crippen LogP contribution in [0.2, 0.25) is 0 Å². The fourth-order valence-corrected chi connectivity index (χ4v) is 2.59. The normalized spacial score (nSPS) is 24.6. The van der Waals surface area contributed by atoms with E-state index in [0.29, 0.717) is 17.3 Å². The number of hydrogen-bond acceptors (Lipinski definition) is 4. The molecule has 104 valence electrons. The number of rotatable bonds is 4. The predicted octanol–water partition coefficient (Wildman–Crippen LogP) is 1.59. The zero-order valence-electron chi connectivity index (χ0n) is 11.6. The number of methoxy groups -OCH3 is 1. The van der Waals surface area contributed by atoms with Crippen LogP contribution in [0.15, 0.2) is 18.2 Å². The van der Waals surface area contributed by atoms with Gasteiger partial charge in [0.25, 0.3) is 5.91 Å². The molecule has 5 N–H and O–H groups in total. The van der Waals surface area contributed by atoms with Crippen LogP contribution < -0.4 is 16.8 Å². The third-order valence-corrected chi connectivity index (χ3v) is 4.12. The Bertz CT molecular complexity index is 499. The van der Waals surface area contributed by atoms with Crippen molar-refractivity contribution in [1.82, 2.24) is 0 Å². The van der Waals surface area contributed by atoms with Crippen LogP contribution in [0.25, 0.3) is 0 Å². The molecular formula is C14H21N3O2. The van der Waals surface area contributed by atoms with Gasteiger partial charge in [0.2, 0.25) is 0 Å². The van der Waals surface area contributed by atoms with Crippen LogP contribution in [0, 0.1) is 5.41 Å². The van der Waals surface area contributed by atoms with Gasteiger partial charge in [-0.2, -0.15) is 0 Å². The number of amides is 1. The number of anilines is 2. The first-order chi connectivity index (χ1) is 8.86. The van der Waals surface area contributed by atoms with Gasteiger partial charge in [0.15, 0.2) is 0 Å². The number of carbonyl (C=O) groups is 1. The van der Waals surface area contributed by atoms with Crippen molar-refractivity contribution in [3.63, 3.8) is 0 Å². The molecule has 5 heteroatoms. The Morgan fingerprint density at radius 3 is 2.68 bits per heavy atom. The van der Waals surface area contributed by atoms with Crippen LogP contribution in [0.5, 0.6) is 0 Å². The second kappa shape index (κ2) is 4.74. The zero-order chi connectivity index (χ0) is 14.2. The van der Waals surface area contributed by atoms with Gasteiger partial charge in [-0.3, -0.25) is 4.79 Å². The van der Waals surface area contributed by atoms with E-state index in [-0.39, 0.29) is 11.5 Å². The smallest absolute Gasteiger partial charge is 0.250 e. The molecule has 2 unspecified atom stereocenters. The third-order valence-electron chi connectivity index (χ3n) is 4.12. The van der Waals surface area contributed by atoms with Gasteiger partial charge in [0.05, 0.1) is 11.7 Å². The van der Waals surface area contributed by atoms with Crippen molar-refractivity contribution in [1.29, 1.82) is 0 Å². The zero-order valence-corrected chi connectivity index (χ0v) is 11.6. The van der Waals surface area contributed by atoms with E-state index in [4.69, 9.17) is 16.2 Å². The van der Waals surface area contributed by atoms with Gasteiger partial charge >= 0.3 is 0 Å². The fourth-order valence-electron chi connectivity index (χ4n) is 2.59. The van der Waals surface area contributed by atoms with Gasteiger partial charge in [-0.1, -0.05) is 13.8 Å². The molecule has 0 heterocycles. The van der Waals surface area contributed by atoms with E-state index in [1.165, 1.54) is 0 Å². The summed E-state index contributed by atoms with van der Waals surface area (Å²) in [4.78, 5) is 11.3. The van der Waals surface area contributed by atoms with Crippen LogP contribution in [-0.4, -0.2) is 25.2 Å². The Balaban J connectivity index is 2.13. The van der Waals surface area contributed by atoms with Crippen molar-refractivity contribution < 1.29 is 9.53 Å². The summed E-state index contributed by atoms with van der Waals surface area (Å²) in [6.07, 6.45) is 1.20. The van der Waals surface area contributed by atoms with Gasteiger partial charge < -0.3 is 21.5 Å². The number of ether oxygens (including phenoxy) is 1. The SMILES string of the molecule is COC1CC(Nc2ccc(N)c(C(N)=O)c2)C1(C)C. The maximum atomic E-state index is 11.3. The molecule has 1 aromatic rings. The summed E-state index contributed by atoms with van der Waals surface area (Å²) >= 11 is 0. The first kappa shape index (κ1) is 13.7. The number of carbonyl (C=O) groups excluding carboxylic acids is 1. The van der Waals surface area contributed by atoms with Crippen molar-refractivity contribution in [3.8, 4) is 0 Å². The largest absolute Gasteiger partial charge is 0.398 e. The fraction of sp³-hybridized carbons (Fsp3) is 0.500. The number of nitrogen functional groups attached to an aromatic ring is 1. The maximum absolute atomic E-state index is 11.3. The summed E-state index contributed by atoms with van der Waals surface area (Å²) in [6.45, 7) is 4.32. The summed E-state index contributed by atoms with van der Waals surface area (Å²) in [5.41, 5.74) is 12.7. The van der Waals surface area contributed by atoms with Crippen LogP contribution in [0.4, 0.5) is 11.4 Å². The predicted molar refractivity (Wildman–Crippen MR) is 76.0 cm³/mol. The molecule has 1 aliphatic rings. The number of benzene rings is 1. The molecule has 19 heavy (non-hydrogen) atoms. The van der Waals surface area contributed by atoms with Gasteiger partial charge in [-0.15, -0.1) is 0 Å². The Kier molecular flexibility index (Phi) is 3.41. The minimum Gasteiger partial charge on any atom is -0.398 e. The molecule has 0 radical (unpaired) electrons. The molecule has 1 aromatic carbocycles. The van der Waals surface area contributed by atoms with Crippen LogP contribution in [0.3, 0.4) is 0 Å². The molecule has 1 aliphatic carbocycles. The highest BCUT2D eigenvalue weighted by Gasteiger charge is 2.48. The van der Waals surface area contributed by atoms with Crippen molar-refractivity contribution in [2.24, 2.45) is 11.1 Å². The van der Waals surface area contributed by atoms with E-state index in [2.05, 4.69) is 19.2 Å². The highest BCUT2D eigenvalue weighted by Crippen LogP contribution is 2.44. The monoisotopic (exact) mass is 263 g/mol. The van der Waals surface area contributed by atoms with Crippen LogP contribution in [-0.2, 0) is 4.74 Å². The second-order valence-corrected chi connectivity index (χ2v) is 5.64. The molecule has 1 saturated carbocycles. The minimum atomic E-state index is -0.510. The van der Waals surface area contributed by atoms with Gasteiger partial charge in [0, 0.05) is 29.9 Å². The molecule has 0 saturated heterocycles. The first-order valence-corrected chi connectivity index (χ1v) is 6.35. The number of nitrogens with two attached hydrogens (primary N) is 2. The summed E-state index contributed by atoms with van der Waals surface area (Å²) < 4.78 is 5.42. The number of hydrogen-bond donors (Lipinski definition) is 3. The molecule has 2 rings (SSSR count). The maximum Gasteiger partial charge on any atom is 0.250 e. The number of nitrogens with one attached hydrogen (secondary N) is 1. The second-order valence-electron chi connectivity index (χ2n) is 5.64. The molecule has 1 fully saturated rings. The van der Waals surface area contributed by atoms with Crippen molar-refractivity contribution in [2.75, 3.05) is 18.2 Å². The number of primary amides is 1. The minimum absolute atomic E-state index is 0.0586. The molecule has 0 aromatic heterocycles. The van der Waals surface area contributed by atoms with Gasteiger partial charge in [0.1, 0.15) is 0 Å². The van der Waals surface area contributed by atoms with Crippen LogP contribution in [0.1, 0.15) is 30.6 Å². The third kappa shape index (κ3) is 2.38. The summed E-state index contributed by atoms with van der Waals surface area (Å²) in [6, 6.07) is 5.56. The van der Waals surface area contributed by atoms with E-state index in [1.54, 1.807) is 19.2 Å². The quantitative estimate of drug-likeness (QED) is 0.719. The first-order valence-electron chi connectivity index (χ1n) is 6.35. The van der Waals surface area contributed by atoms with Gasteiger partial charge in [-0.05, 0) is 24.6 Å². The highest BCUT2D eigenvalue weighted by atomic mass is 16.5. The Morgan fingerprint density at radius 2 is 2.16 bits per heavy atom. The molecule has 0 spiro atoms. The van der Waals surface area contributed by atoms with Crippen molar-refractivity contribution in [3.05, 3.63) is 23.8 Å². The Labute approximate surface area is 113 Å². The van der Waals surface area contributed by atoms with Crippen molar-refractivity contribution >= 4 is 17.3 Å². The average molecular weight is 263 g/mol. The lowest BCUT2D eigenvalue weighted by molar-refractivity contribution is -0.0794. The Morgan fingerprint density at radius 1 is 1.47 bits per heavy atom. The lowest BCUT2D eigenvalue weighted by Gasteiger charge is -2.51. The van der Waals surface area contributed by atoms with E-state index < -0.39 is 5.91 Å². The molecule has 1 amide bonds.